The molecule has 0 bridgehead atoms. The molecule has 0 radical (unpaired) electrons. The number of nitrogens with one attached hydrogen (secondary N) is 1. The summed E-state index contributed by atoms with van der Waals surface area (Å²) in [5.74, 6) is 0.691. The van der Waals surface area contributed by atoms with E-state index < -0.39 is 5.97 Å². The zero-order valence-corrected chi connectivity index (χ0v) is 19.5. The van der Waals surface area contributed by atoms with Gasteiger partial charge in [-0.05, 0) is 54.1 Å². The molecule has 8 nitrogen and oxygen atoms in total. The maximum Gasteiger partial charge on any atom is 0.335 e. The molecule has 0 heterocycles. The number of hydrazone groups is 1. The summed E-state index contributed by atoms with van der Waals surface area (Å²) in [5, 5.41) is 13.1. The second-order valence-electron chi connectivity index (χ2n) is 6.93. The van der Waals surface area contributed by atoms with Gasteiger partial charge in [0.15, 0.2) is 11.5 Å². The van der Waals surface area contributed by atoms with Crippen LogP contribution in [-0.2, 0) is 11.4 Å². The Balaban J connectivity index is 1.59. The number of hydrogen-bond acceptors (Lipinski definition) is 7. The van der Waals surface area contributed by atoms with Gasteiger partial charge >= 0.3 is 5.97 Å². The van der Waals surface area contributed by atoms with E-state index in [4.69, 9.17) is 19.3 Å². The fraction of sp³-hybridized carbons (Fsp3) is 0.160. The first-order valence-electron chi connectivity index (χ1n) is 10.2. The van der Waals surface area contributed by atoms with Crippen molar-refractivity contribution in [1.82, 2.24) is 5.43 Å². The molecule has 0 aromatic heterocycles. The predicted molar refractivity (Wildman–Crippen MR) is 130 cm³/mol. The minimum Gasteiger partial charge on any atom is -0.497 e. The highest BCUT2D eigenvalue weighted by Gasteiger charge is 2.11. The van der Waals surface area contributed by atoms with Gasteiger partial charge in [-0.1, -0.05) is 18.2 Å². The molecule has 176 valence electrons. The lowest BCUT2D eigenvalue weighted by Gasteiger charge is -2.13. The summed E-state index contributed by atoms with van der Waals surface area (Å²) in [5.41, 5.74) is 4.13. The van der Waals surface area contributed by atoms with Gasteiger partial charge in [-0.25, -0.2) is 10.2 Å². The van der Waals surface area contributed by atoms with Gasteiger partial charge in [0.1, 0.15) is 12.4 Å². The molecule has 3 aromatic carbocycles. The molecule has 0 fully saturated rings. The van der Waals surface area contributed by atoms with Crippen LogP contribution in [0.1, 0.15) is 21.5 Å². The van der Waals surface area contributed by atoms with E-state index in [2.05, 4.69) is 10.5 Å². The van der Waals surface area contributed by atoms with Crippen LogP contribution in [0, 0.1) is 0 Å². The van der Waals surface area contributed by atoms with Crippen LogP contribution >= 0.6 is 11.8 Å². The molecule has 0 saturated heterocycles. The highest BCUT2D eigenvalue weighted by atomic mass is 32.2. The van der Waals surface area contributed by atoms with Crippen LogP contribution in [0.2, 0.25) is 0 Å². The van der Waals surface area contributed by atoms with Gasteiger partial charge in [-0.3, -0.25) is 4.79 Å². The van der Waals surface area contributed by atoms with Gasteiger partial charge in [0.05, 0.1) is 31.8 Å². The van der Waals surface area contributed by atoms with E-state index in [9.17, 15) is 9.59 Å². The van der Waals surface area contributed by atoms with Gasteiger partial charge < -0.3 is 19.3 Å². The van der Waals surface area contributed by atoms with E-state index in [0.29, 0.717) is 17.1 Å². The third-order valence-electron chi connectivity index (χ3n) is 4.64. The van der Waals surface area contributed by atoms with E-state index in [-0.39, 0.29) is 23.8 Å². The molecule has 3 aromatic rings. The van der Waals surface area contributed by atoms with E-state index in [1.54, 1.807) is 37.4 Å². The van der Waals surface area contributed by atoms with Crippen LogP contribution < -0.4 is 19.6 Å². The summed E-state index contributed by atoms with van der Waals surface area (Å²) in [6, 6.07) is 19.2. The first-order valence-corrected chi connectivity index (χ1v) is 11.2. The number of hydrogen-bond donors (Lipinski definition) is 2. The fourth-order valence-electron chi connectivity index (χ4n) is 2.88. The van der Waals surface area contributed by atoms with Crippen molar-refractivity contribution in [2.75, 3.05) is 20.0 Å². The van der Waals surface area contributed by atoms with Crippen molar-refractivity contribution in [2.24, 2.45) is 5.10 Å². The summed E-state index contributed by atoms with van der Waals surface area (Å²) in [7, 11) is 3.13. The highest BCUT2D eigenvalue weighted by Crippen LogP contribution is 2.31. The Hall–Kier alpha value is -3.98. The number of carbonyl (C=O) groups is 2. The SMILES string of the molecule is COc1ccc(SCC(=O)N/N=C/c2cccc(OC)c2OCc2ccc(C(=O)O)cc2)cc1. The minimum atomic E-state index is -0.986. The number of amides is 1. The molecular weight excluding hydrogens is 456 g/mol. The number of carboxylic acid groups (broad SMARTS) is 1. The minimum absolute atomic E-state index is 0.200. The molecule has 3 rings (SSSR count). The monoisotopic (exact) mass is 480 g/mol. The zero-order valence-electron chi connectivity index (χ0n) is 18.7. The Labute approximate surface area is 201 Å². The number of para-hydroxylation sites is 1. The Morgan fingerprint density at radius 3 is 2.38 bits per heavy atom. The molecule has 9 heteroatoms. The topological polar surface area (TPSA) is 106 Å². The molecule has 1 amide bonds. The molecule has 0 spiro atoms. The van der Waals surface area contributed by atoms with Gasteiger partial charge in [0.2, 0.25) is 5.91 Å². The Bertz CT molecular complexity index is 1150. The first-order chi connectivity index (χ1) is 16.5. The van der Waals surface area contributed by atoms with Crippen LogP contribution in [0.5, 0.6) is 17.2 Å². The Morgan fingerprint density at radius 1 is 1.00 bits per heavy atom. The molecule has 0 atom stereocenters. The van der Waals surface area contributed by atoms with Crippen LogP contribution in [0.4, 0.5) is 0 Å². The van der Waals surface area contributed by atoms with Gasteiger partial charge in [0.25, 0.3) is 0 Å². The van der Waals surface area contributed by atoms with E-state index in [1.165, 1.54) is 37.2 Å². The van der Waals surface area contributed by atoms with Crippen LogP contribution in [0.3, 0.4) is 0 Å². The zero-order chi connectivity index (χ0) is 24.3. The molecule has 0 aliphatic carbocycles. The van der Waals surface area contributed by atoms with Crippen molar-refractivity contribution in [3.8, 4) is 17.2 Å². The van der Waals surface area contributed by atoms with Crippen LogP contribution in [0.15, 0.2) is 76.7 Å². The van der Waals surface area contributed by atoms with Crippen molar-refractivity contribution in [3.63, 3.8) is 0 Å². The number of nitrogens with zero attached hydrogens (tertiary/aromatic N) is 1. The largest absolute Gasteiger partial charge is 0.497 e. The number of rotatable bonds is 11. The summed E-state index contributed by atoms with van der Waals surface area (Å²) in [6.45, 7) is 0.200. The Morgan fingerprint density at radius 2 is 1.74 bits per heavy atom. The number of thioether (sulfide) groups is 1. The molecule has 0 aliphatic heterocycles. The maximum atomic E-state index is 12.2. The standard InChI is InChI=1S/C25H24N2O6S/c1-31-20-10-12-21(13-11-20)34-16-23(28)27-26-14-19-4-3-5-22(32-2)24(19)33-15-17-6-8-18(9-7-17)25(29)30/h3-14H,15-16H2,1-2H3,(H,27,28)(H,29,30)/b26-14+. The Kier molecular flexibility index (Phi) is 8.93. The highest BCUT2D eigenvalue weighted by molar-refractivity contribution is 8.00. The van der Waals surface area contributed by atoms with Gasteiger partial charge in [-0.2, -0.15) is 5.10 Å². The number of benzene rings is 3. The lowest BCUT2D eigenvalue weighted by atomic mass is 10.1. The van der Waals surface area contributed by atoms with Crippen LogP contribution in [-0.4, -0.2) is 43.2 Å². The van der Waals surface area contributed by atoms with E-state index in [1.807, 2.05) is 24.3 Å². The number of carboxylic acids is 1. The molecular formula is C25H24N2O6S. The molecule has 34 heavy (non-hydrogen) atoms. The van der Waals surface area contributed by atoms with Crippen molar-refractivity contribution >= 4 is 29.9 Å². The third kappa shape index (κ3) is 7.01. The molecule has 0 aliphatic rings. The second-order valence-corrected chi connectivity index (χ2v) is 7.98. The van der Waals surface area contributed by atoms with Crippen LogP contribution in [0.25, 0.3) is 0 Å². The number of ether oxygens (including phenoxy) is 3. The van der Waals surface area contributed by atoms with E-state index in [0.717, 1.165) is 16.2 Å². The van der Waals surface area contributed by atoms with Crippen molar-refractivity contribution in [1.29, 1.82) is 0 Å². The maximum absolute atomic E-state index is 12.2. The quantitative estimate of drug-likeness (QED) is 0.240. The van der Waals surface area contributed by atoms with Crippen molar-refractivity contribution in [2.45, 2.75) is 11.5 Å². The molecule has 0 unspecified atom stereocenters. The lowest BCUT2D eigenvalue weighted by Crippen LogP contribution is -2.19. The van der Waals surface area contributed by atoms with Crippen molar-refractivity contribution < 1.29 is 28.9 Å². The smallest absolute Gasteiger partial charge is 0.335 e. The summed E-state index contributed by atoms with van der Waals surface area (Å²) >= 11 is 1.39. The fourth-order valence-corrected chi connectivity index (χ4v) is 3.57. The number of carbonyl (C=O) groups excluding carboxylic acids is 1. The average Bonchev–Trinajstić information content (AvgIpc) is 2.87. The third-order valence-corrected chi connectivity index (χ3v) is 5.65. The summed E-state index contributed by atoms with van der Waals surface area (Å²) < 4.78 is 16.5. The lowest BCUT2D eigenvalue weighted by molar-refractivity contribution is -0.118. The normalized spacial score (nSPS) is 10.6. The van der Waals surface area contributed by atoms with Gasteiger partial charge in [-0.15, -0.1) is 11.8 Å². The second kappa shape index (κ2) is 12.3. The molecule has 0 saturated carbocycles. The first kappa shape index (κ1) is 24.7. The average molecular weight is 481 g/mol. The summed E-state index contributed by atoms with van der Waals surface area (Å²) in [4.78, 5) is 24.1. The van der Waals surface area contributed by atoms with E-state index >= 15 is 0 Å². The molecule has 2 N–H and O–H groups in total. The predicted octanol–water partition coefficient (Wildman–Crippen LogP) is 4.22. The van der Waals surface area contributed by atoms with Gasteiger partial charge in [0, 0.05) is 10.5 Å². The summed E-state index contributed by atoms with van der Waals surface area (Å²) in [6.07, 6.45) is 1.49. The number of aromatic carboxylic acids is 1. The van der Waals surface area contributed by atoms with Crippen molar-refractivity contribution in [3.05, 3.63) is 83.4 Å². The number of methoxy groups -OCH3 is 2.